The summed E-state index contributed by atoms with van der Waals surface area (Å²) in [7, 11) is 1.69. The average Bonchev–Trinajstić information content (AvgIpc) is 2.28. The highest BCUT2D eigenvalue weighted by Gasteiger charge is 2.09. The lowest BCUT2D eigenvalue weighted by atomic mass is 10.1. The van der Waals surface area contributed by atoms with Crippen molar-refractivity contribution in [3.63, 3.8) is 0 Å². The molecule has 96 valence electrons. The molecule has 0 heterocycles. The van der Waals surface area contributed by atoms with Gasteiger partial charge < -0.3 is 10.2 Å². The number of ketones is 1. The number of Topliss-reactive ketones (excluding diaryl/α,β-unsaturated/α-hetero) is 1. The van der Waals surface area contributed by atoms with E-state index in [1.165, 1.54) is 11.8 Å². The lowest BCUT2D eigenvalue weighted by Crippen LogP contribution is -2.32. The molecule has 4 heteroatoms. The van der Waals surface area contributed by atoms with Gasteiger partial charge in [-0.25, -0.2) is 4.79 Å². The number of hydrogen-bond donors (Lipinski definition) is 1. The molecule has 0 spiro atoms. The highest BCUT2D eigenvalue weighted by molar-refractivity contribution is 5.96. The van der Waals surface area contributed by atoms with Gasteiger partial charge in [0, 0.05) is 24.8 Å². The van der Waals surface area contributed by atoms with Crippen LogP contribution in [0.1, 0.15) is 24.2 Å². The van der Waals surface area contributed by atoms with Crippen molar-refractivity contribution in [3.8, 4) is 0 Å². The molecule has 0 saturated heterocycles. The normalized spacial score (nSPS) is 9.72. The van der Waals surface area contributed by atoms with Crippen molar-refractivity contribution >= 4 is 17.5 Å². The Morgan fingerprint density at radius 1 is 1.33 bits per heavy atom. The second-order valence-corrected chi connectivity index (χ2v) is 4.38. The highest BCUT2D eigenvalue weighted by atomic mass is 16.2. The van der Waals surface area contributed by atoms with Crippen LogP contribution in [0, 0.1) is 0 Å². The van der Waals surface area contributed by atoms with Crippen LogP contribution in [0.15, 0.2) is 36.4 Å². The van der Waals surface area contributed by atoms with Crippen LogP contribution in [-0.4, -0.2) is 30.3 Å². The molecular weight excluding hydrogens is 228 g/mol. The molecule has 0 aliphatic carbocycles. The SMILES string of the molecule is C=C(C)CN(C)C(=O)Nc1cccc(C(C)=O)c1. The Balaban J connectivity index is 2.72. The molecule has 0 atom stereocenters. The molecule has 0 aliphatic heterocycles. The zero-order chi connectivity index (χ0) is 13.7. The standard InChI is InChI=1S/C14H18N2O2/c1-10(2)9-16(4)14(18)15-13-7-5-6-12(8-13)11(3)17/h5-8H,1,9H2,2-4H3,(H,15,18). The summed E-state index contributed by atoms with van der Waals surface area (Å²) in [5.74, 6) is -0.0265. The van der Waals surface area contributed by atoms with Gasteiger partial charge >= 0.3 is 6.03 Å². The lowest BCUT2D eigenvalue weighted by molar-refractivity contribution is 0.101. The minimum Gasteiger partial charge on any atom is -0.324 e. The zero-order valence-electron chi connectivity index (χ0n) is 11.0. The van der Waals surface area contributed by atoms with Crippen molar-refractivity contribution in [2.45, 2.75) is 13.8 Å². The molecule has 0 aromatic heterocycles. The Kier molecular flexibility index (Phi) is 4.66. The Labute approximate surface area is 107 Å². The van der Waals surface area contributed by atoms with E-state index >= 15 is 0 Å². The second-order valence-electron chi connectivity index (χ2n) is 4.38. The minimum atomic E-state index is -0.223. The number of anilines is 1. The minimum absolute atomic E-state index is 0.0265. The third-order valence-corrected chi connectivity index (χ3v) is 2.37. The molecule has 0 saturated carbocycles. The maximum atomic E-state index is 11.8. The first-order chi connectivity index (χ1) is 8.40. The maximum Gasteiger partial charge on any atom is 0.321 e. The number of nitrogens with one attached hydrogen (secondary N) is 1. The van der Waals surface area contributed by atoms with Gasteiger partial charge in [0.25, 0.3) is 0 Å². The number of likely N-dealkylation sites (N-methyl/N-ethyl adjacent to an activating group) is 1. The first-order valence-corrected chi connectivity index (χ1v) is 5.67. The summed E-state index contributed by atoms with van der Waals surface area (Å²) in [5.41, 5.74) is 2.10. The van der Waals surface area contributed by atoms with Gasteiger partial charge in [0.15, 0.2) is 5.78 Å². The fourth-order valence-corrected chi connectivity index (χ4v) is 1.51. The van der Waals surface area contributed by atoms with Gasteiger partial charge in [-0.1, -0.05) is 24.3 Å². The van der Waals surface area contributed by atoms with Gasteiger partial charge in [-0.15, -0.1) is 0 Å². The molecular formula is C14H18N2O2. The van der Waals surface area contributed by atoms with Crippen LogP contribution in [0.3, 0.4) is 0 Å². The molecule has 1 aromatic carbocycles. The van der Waals surface area contributed by atoms with E-state index in [-0.39, 0.29) is 11.8 Å². The summed E-state index contributed by atoms with van der Waals surface area (Å²) in [6, 6.07) is 6.65. The highest BCUT2D eigenvalue weighted by Crippen LogP contribution is 2.12. The molecule has 1 aromatic rings. The molecule has 1 N–H and O–H groups in total. The first kappa shape index (κ1) is 14.0. The fraction of sp³-hybridized carbons (Fsp3) is 0.286. The summed E-state index contributed by atoms with van der Waals surface area (Å²) in [6.45, 7) is 7.61. The maximum absolute atomic E-state index is 11.8. The Hall–Kier alpha value is -2.10. The predicted molar refractivity (Wildman–Crippen MR) is 72.9 cm³/mol. The summed E-state index contributed by atoms with van der Waals surface area (Å²) < 4.78 is 0. The third-order valence-electron chi connectivity index (χ3n) is 2.37. The largest absolute Gasteiger partial charge is 0.324 e. The van der Waals surface area contributed by atoms with E-state index in [9.17, 15) is 9.59 Å². The topological polar surface area (TPSA) is 49.4 Å². The molecule has 2 amide bonds. The van der Waals surface area contributed by atoms with Crippen LogP contribution in [-0.2, 0) is 0 Å². The Morgan fingerprint density at radius 3 is 2.56 bits per heavy atom. The van der Waals surface area contributed by atoms with Gasteiger partial charge in [-0.3, -0.25) is 4.79 Å². The lowest BCUT2D eigenvalue weighted by Gasteiger charge is -2.18. The average molecular weight is 246 g/mol. The van der Waals surface area contributed by atoms with E-state index in [4.69, 9.17) is 0 Å². The summed E-state index contributed by atoms with van der Waals surface area (Å²) in [5, 5.41) is 2.74. The van der Waals surface area contributed by atoms with Crippen LogP contribution in [0.2, 0.25) is 0 Å². The monoisotopic (exact) mass is 246 g/mol. The second kappa shape index (κ2) is 6.00. The van der Waals surface area contributed by atoms with E-state index in [1.54, 1.807) is 31.3 Å². The van der Waals surface area contributed by atoms with Crippen molar-refractivity contribution in [2.24, 2.45) is 0 Å². The third kappa shape index (κ3) is 4.05. The zero-order valence-corrected chi connectivity index (χ0v) is 11.0. The summed E-state index contributed by atoms with van der Waals surface area (Å²) in [6.07, 6.45) is 0. The molecule has 0 aliphatic rings. The van der Waals surface area contributed by atoms with E-state index in [1.807, 2.05) is 6.92 Å². The van der Waals surface area contributed by atoms with Crippen LogP contribution in [0.5, 0.6) is 0 Å². The number of carbonyl (C=O) groups is 2. The molecule has 1 rings (SSSR count). The summed E-state index contributed by atoms with van der Waals surface area (Å²) in [4.78, 5) is 24.6. The first-order valence-electron chi connectivity index (χ1n) is 5.67. The van der Waals surface area contributed by atoms with Crippen LogP contribution < -0.4 is 5.32 Å². The number of carbonyl (C=O) groups excluding carboxylic acids is 2. The molecule has 4 nitrogen and oxygen atoms in total. The smallest absolute Gasteiger partial charge is 0.321 e. The molecule has 0 fully saturated rings. The van der Waals surface area contributed by atoms with Gasteiger partial charge in [0.2, 0.25) is 0 Å². The summed E-state index contributed by atoms with van der Waals surface area (Å²) >= 11 is 0. The molecule has 0 bridgehead atoms. The van der Waals surface area contributed by atoms with Crippen molar-refractivity contribution < 1.29 is 9.59 Å². The number of rotatable bonds is 4. The van der Waals surface area contributed by atoms with Gasteiger partial charge in [-0.2, -0.15) is 0 Å². The number of nitrogens with zero attached hydrogens (tertiary/aromatic N) is 1. The van der Waals surface area contributed by atoms with E-state index in [2.05, 4.69) is 11.9 Å². The number of benzene rings is 1. The van der Waals surface area contributed by atoms with E-state index in [0.717, 1.165) is 5.57 Å². The van der Waals surface area contributed by atoms with Crippen molar-refractivity contribution in [3.05, 3.63) is 42.0 Å². The Bertz CT molecular complexity index is 480. The number of hydrogen-bond acceptors (Lipinski definition) is 2. The van der Waals surface area contributed by atoms with Crippen molar-refractivity contribution in [2.75, 3.05) is 18.9 Å². The van der Waals surface area contributed by atoms with Gasteiger partial charge in [0.05, 0.1) is 0 Å². The predicted octanol–water partition coefficient (Wildman–Crippen LogP) is 2.93. The Morgan fingerprint density at radius 2 is 2.00 bits per heavy atom. The molecule has 0 unspecified atom stereocenters. The van der Waals surface area contributed by atoms with Crippen LogP contribution >= 0.6 is 0 Å². The fourth-order valence-electron chi connectivity index (χ4n) is 1.51. The molecule has 0 radical (unpaired) electrons. The van der Waals surface area contributed by atoms with E-state index < -0.39 is 0 Å². The van der Waals surface area contributed by atoms with E-state index in [0.29, 0.717) is 17.8 Å². The molecule has 18 heavy (non-hydrogen) atoms. The van der Waals surface area contributed by atoms with Gasteiger partial charge in [-0.05, 0) is 26.0 Å². The number of urea groups is 1. The van der Waals surface area contributed by atoms with Crippen LogP contribution in [0.25, 0.3) is 0 Å². The van der Waals surface area contributed by atoms with Gasteiger partial charge in [0.1, 0.15) is 0 Å². The van der Waals surface area contributed by atoms with Crippen molar-refractivity contribution in [1.29, 1.82) is 0 Å². The van der Waals surface area contributed by atoms with Crippen molar-refractivity contribution in [1.82, 2.24) is 4.90 Å². The quantitative estimate of drug-likeness (QED) is 0.656. The number of amides is 2. The van der Waals surface area contributed by atoms with Crippen LogP contribution in [0.4, 0.5) is 10.5 Å².